The van der Waals surface area contributed by atoms with Gasteiger partial charge in [0.25, 0.3) is 0 Å². The van der Waals surface area contributed by atoms with Crippen LogP contribution in [0.15, 0.2) is 4.99 Å². The molecule has 0 aromatic carbocycles. The number of carbonyl (C=O) groups excluding carboxylic acids is 1. The number of unbranched alkanes of at least 4 members (excludes halogenated alkanes) is 7. The summed E-state index contributed by atoms with van der Waals surface area (Å²) in [5, 5.41) is 3.61. The lowest BCUT2D eigenvalue weighted by molar-refractivity contribution is -0.143. The van der Waals surface area contributed by atoms with E-state index in [0.717, 1.165) is 38.1 Å². The summed E-state index contributed by atoms with van der Waals surface area (Å²) in [5.41, 5.74) is 0. The number of rotatable bonds is 13. The third-order valence-electron chi connectivity index (χ3n) is 6.89. The molecule has 2 saturated heterocycles. The van der Waals surface area contributed by atoms with Gasteiger partial charge in [0.05, 0.1) is 12.6 Å². The van der Waals surface area contributed by atoms with Crippen molar-refractivity contribution >= 4 is 11.9 Å². The van der Waals surface area contributed by atoms with E-state index in [0.29, 0.717) is 37.2 Å². The van der Waals surface area contributed by atoms with Gasteiger partial charge in [-0.15, -0.1) is 0 Å². The fourth-order valence-electron chi connectivity index (χ4n) is 5.32. The molecule has 2 fully saturated rings. The molecule has 3 heterocycles. The fraction of sp³-hybridized carbons (Fsp3) is 0.917. The van der Waals surface area contributed by atoms with Crippen LogP contribution in [-0.4, -0.2) is 47.6 Å². The molecule has 0 aliphatic carbocycles. The molecule has 29 heavy (non-hydrogen) atoms. The van der Waals surface area contributed by atoms with Crippen molar-refractivity contribution in [3.05, 3.63) is 0 Å². The van der Waals surface area contributed by atoms with Crippen LogP contribution >= 0.6 is 0 Å². The molecule has 0 spiro atoms. The van der Waals surface area contributed by atoms with Crippen LogP contribution in [0, 0.1) is 0 Å². The Morgan fingerprint density at radius 3 is 2.55 bits per heavy atom. The molecule has 0 amide bonds. The first-order valence-corrected chi connectivity index (χ1v) is 12.5. The maximum absolute atomic E-state index is 11.9. The summed E-state index contributed by atoms with van der Waals surface area (Å²) in [7, 11) is 0. The summed E-state index contributed by atoms with van der Waals surface area (Å²) in [6, 6.07) is 2.39. The lowest BCUT2D eigenvalue weighted by Gasteiger charge is -2.44. The predicted molar refractivity (Wildman–Crippen MR) is 119 cm³/mol. The van der Waals surface area contributed by atoms with Crippen LogP contribution in [0.4, 0.5) is 0 Å². The van der Waals surface area contributed by atoms with Crippen LogP contribution in [0.5, 0.6) is 0 Å². The molecule has 5 nitrogen and oxygen atoms in total. The van der Waals surface area contributed by atoms with E-state index in [9.17, 15) is 4.79 Å². The maximum Gasteiger partial charge on any atom is 0.305 e. The first-order valence-electron chi connectivity index (χ1n) is 12.5. The summed E-state index contributed by atoms with van der Waals surface area (Å²) < 4.78 is 5.43. The molecular weight excluding hydrogens is 362 g/mol. The molecule has 0 unspecified atom stereocenters. The van der Waals surface area contributed by atoms with Gasteiger partial charge in [0, 0.05) is 24.5 Å². The van der Waals surface area contributed by atoms with Crippen molar-refractivity contribution in [2.24, 2.45) is 4.99 Å². The number of hydrogen-bond donors (Lipinski definition) is 1. The zero-order valence-electron chi connectivity index (χ0n) is 18.8. The summed E-state index contributed by atoms with van der Waals surface area (Å²) in [6.45, 7) is 5.09. The fourth-order valence-corrected chi connectivity index (χ4v) is 5.32. The van der Waals surface area contributed by atoms with Crippen molar-refractivity contribution in [2.75, 3.05) is 6.61 Å². The van der Waals surface area contributed by atoms with E-state index in [2.05, 4.69) is 24.1 Å². The summed E-state index contributed by atoms with van der Waals surface area (Å²) in [4.78, 5) is 19.5. The average molecular weight is 406 g/mol. The van der Waals surface area contributed by atoms with Gasteiger partial charge in [0.2, 0.25) is 0 Å². The summed E-state index contributed by atoms with van der Waals surface area (Å²) >= 11 is 0. The quantitative estimate of drug-likeness (QED) is 0.339. The molecule has 166 valence electrons. The van der Waals surface area contributed by atoms with Gasteiger partial charge in [0.15, 0.2) is 5.96 Å². The molecular formula is C24H43N3O2. The van der Waals surface area contributed by atoms with Gasteiger partial charge >= 0.3 is 5.97 Å². The Kier molecular flexibility index (Phi) is 9.13. The molecule has 0 aromatic rings. The van der Waals surface area contributed by atoms with Gasteiger partial charge in [-0.1, -0.05) is 45.4 Å². The Labute approximate surface area is 178 Å². The highest BCUT2D eigenvalue weighted by atomic mass is 16.5. The van der Waals surface area contributed by atoms with Gasteiger partial charge in [-0.05, 0) is 58.3 Å². The Morgan fingerprint density at radius 1 is 1.03 bits per heavy atom. The molecule has 1 N–H and O–H groups in total. The van der Waals surface area contributed by atoms with Crippen molar-refractivity contribution in [3.63, 3.8) is 0 Å². The molecule has 3 rings (SSSR count). The van der Waals surface area contributed by atoms with Crippen LogP contribution in [0.2, 0.25) is 0 Å². The minimum Gasteiger partial charge on any atom is -0.466 e. The van der Waals surface area contributed by atoms with Gasteiger partial charge < -0.3 is 15.0 Å². The number of nitrogens with one attached hydrogen (secondary N) is 1. The number of aliphatic imine (C=N–C) groups is 1. The van der Waals surface area contributed by atoms with Crippen molar-refractivity contribution in [3.8, 4) is 0 Å². The van der Waals surface area contributed by atoms with Crippen LogP contribution in [0.3, 0.4) is 0 Å². The molecule has 4 atom stereocenters. The molecule has 3 aliphatic rings. The third-order valence-corrected chi connectivity index (χ3v) is 6.89. The minimum absolute atomic E-state index is 0.00972. The molecule has 0 aromatic heterocycles. The molecule has 0 saturated carbocycles. The third kappa shape index (κ3) is 6.89. The largest absolute Gasteiger partial charge is 0.466 e. The van der Waals surface area contributed by atoms with E-state index in [1.807, 2.05) is 0 Å². The highest BCUT2D eigenvalue weighted by molar-refractivity contribution is 5.83. The van der Waals surface area contributed by atoms with Crippen molar-refractivity contribution in [2.45, 2.75) is 134 Å². The van der Waals surface area contributed by atoms with E-state index >= 15 is 0 Å². The lowest BCUT2D eigenvalue weighted by atomic mass is 9.98. The second kappa shape index (κ2) is 11.8. The predicted octanol–water partition coefficient (Wildman–Crippen LogP) is 5.18. The van der Waals surface area contributed by atoms with Crippen molar-refractivity contribution < 1.29 is 9.53 Å². The zero-order valence-corrected chi connectivity index (χ0v) is 18.8. The van der Waals surface area contributed by atoms with Crippen molar-refractivity contribution in [1.82, 2.24) is 10.2 Å². The second-order valence-corrected chi connectivity index (χ2v) is 9.50. The minimum atomic E-state index is -0.00972. The van der Waals surface area contributed by atoms with E-state index in [1.165, 1.54) is 57.8 Å². The van der Waals surface area contributed by atoms with Gasteiger partial charge in [-0.3, -0.25) is 4.79 Å². The standard InChI is InChI=1S/C24H43N3O2/c1-3-4-5-6-7-8-9-13-23(28)29-16-11-10-12-20-18-22-15-14-21-17-19(2)25-24(26-20)27(21)22/h19-22H,3-18H2,1-2H3,(H,25,26)/t19-,20+,21+,22-/m1/s1. The topological polar surface area (TPSA) is 53.9 Å². The van der Waals surface area contributed by atoms with Crippen LogP contribution in [-0.2, 0) is 9.53 Å². The number of nitrogens with zero attached hydrogens (tertiary/aromatic N) is 2. The van der Waals surface area contributed by atoms with Crippen molar-refractivity contribution in [1.29, 1.82) is 0 Å². The maximum atomic E-state index is 11.9. The smallest absolute Gasteiger partial charge is 0.305 e. The number of carbonyl (C=O) groups is 1. The average Bonchev–Trinajstić information content (AvgIpc) is 3.10. The number of guanidine groups is 1. The highest BCUT2D eigenvalue weighted by Gasteiger charge is 2.43. The number of hydrogen-bond acceptors (Lipinski definition) is 5. The number of ether oxygens (including phenoxy) is 1. The first-order chi connectivity index (χ1) is 14.2. The summed E-state index contributed by atoms with van der Waals surface area (Å²) in [6.07, 6.45) is 17.5. The Bertz CT molecular complexity index is 536. The monoisotopic (exact) mass is 405 g/mol. The Balaban J connectivity index is 1.23. The number of esters is 1. The van der Waals surface area contributed by atoms with E-state index < -0.39 is 0 Å². The SMILES string of the molecule is CCCCCCCCCC(=O)OCCCC[C@H]1C[C@H]2CC[C@H]3C[C@@H](C)NC(=N1)N23. The van der Waals surface area contributed by atoms with Gasteiger partial charge in [-0.25, -0.2) is 4.99 Å². The molecule has 3 aliphatic heterocycles. The van der Waals surface area contributed by atoms with E-state index in [1.54, 1.807) is 0 Å². The zero-order chi connectivity index (χ0) is 20.5. The second-order valence-electron chi connectivity index (χ2n) is 9.50. The highest BCUT2D eigenvalue weighted by Crippen LogP contribution is 2.36. The molecule has 5 heteroatoms. The lowest BCUT2D eigenvalue weighted by Crippen LogP contribution is -2.59. The van der Waals surface area contributed by atoms with Crippen LogP contribution < -0.4 is 5.32 Å². The summed E-state index contributed by atoms with van der Waals surface area (Å²) in [5.74, 6) is 1.15. The van der Waals surface area contributed by atoms with Crippen LogP contribution in [0.1, 0.15) is 110 Å². The Hall–Kier alpha value is -1.26. The van der Waals surface area contributed by atoms with E-state index in [4.69, 9.17) is 9.73 Å². The molecule has 0 radical (unpaired) electrons. The van der Waals surface area contributed by atoms with Crippen LogP contribution in [0.25, 0.3) is 0 Å². The normalized spacial score (nSPS) is 27.9. The Morgan fingerprint density at radius 2 is 1.76 bits per heavy atom. The van der Waals surface area contributed by atoms with Gasteiger partial charge in [-0.2, -0.15) is 0 Å². The first kappa shape index (κ1) is 22.4. The van der Waals surface area contributed by atoms with E-state index in [-0.39, 0.29) is 5.97 Å². The van der Waals surface area contributed by atoms with Gasteiger partial charge in [0.1, 0.15) is 0 Å². The molecule has 0 bridgehead atoms.